The first kappa shape index (κ1) is 13.6. The van der Waals surface area contributed by atoms with Crippen LogP contribution in [0, 0.1) is 0 Å². The van der Waals surface area contributed by atoms with Crippen LogP contribution in [-0.2, 0) is 4.74 Å². The zero-order valence-electron chi connectivity index (χ0n) is 10.7. The lowest BCUT2D eigenvalue weighted by molar-refractivity contribution is 0.0273. The average Bonchev–Trinajstić information content (AvgIpc) is 2.93. The van der Waals surface area contributed by atoms with Gasteiger partial charge in [0, 0.05) is 13.2 Å². The monoisotopic (exact) mass is 267 g/mol. The summed E-state index contributed by atoms with van der Waals surface area (Å²) < 4.78 is 5.81. The molecule has 1 heterocycles. The molecule has 1 N–H and O–H groups in total. The standard InChI is InChI=1S/C14H21NO2S/c16-14(13-8-4-11-18-13)15-9-5-10-17-12-6-2-1-3-7-12/h4,8,11-12H,1-3,5-7,9-10H2,(H,15,16). The first-order valence-corrected chi connectivity index (χ1v) is 7.67. The van der Waals surface area contributed by atoms with Gasteiger partial charge in [-0.05, 0) is 30.7 Å². The third-order valence-electron chi connectivity index (χ3n) is 3.26. The van der Waals surface area contributed by atoms with Crippen LogP contribution in [-0.4, -0.2) is 25.2 Å². The maximum atomic E-state index is 11.6. The highest BCUT2D eigenvalue weighted by molar-refractivity contribution is 7.12. The predicted molar refractivity (Wildman–Crippen MR) is 74.1 cm³/mol. The topological polar surface area (TPSA) is 38.3 Å². The normalized spacial score (nSPS) is 16.7. The Morgan fingerprint density at radius 2 is 2.22 bits per heavy atom. The number of carbonyl (C=O) groups excluding carboxylic acids is 1. The van der Waals surface area contributed by atoms with Gasteiger partial charge in [-0.2, -0.15) is 0 Å². The second-order valence-electron chi connectivity index (χ2n) is 4.72. The number of amides is 1. The molecule has 1 amide bonds. The van der Waals surface area contributed by atoms with E-state index in [0.29, 0.717) is 12.6 Å². The van der Waals surface area contributed by atoms with Gasteiger partial charge < -0.3 is 10.1 Å². The molecular weight excluding hydrogens is 246 g/mol. The highest BCUT2D eigenvalue weighted by atomic mass is 32.1. The van der Waals surface area contributed by atoms with Gasteiger partial charge in [-0.3, -0.25) is 4.79 Å². The molecule has 0 radical (unpaired) electrons. The van der Waals surface area contributed by atoms with Crippen LogP contribution < -0.4 is 5.32 Å². The Morgan fingerprint density at radius 3 is 2.94 bits per heavy atom. The molecule has 18 heavy (non-hydrogen) atoms. The lowest BCUT2D eigenvalue weighted by Gasteiger charge is -2.21. The SMILES string of the molecule is O=C(NCCCOC1CCCCC1)c1cccs1. The molecule has 2 rings (SSSR count). The Morgan fingerprint density at radius 1 is 1.39 bits per heavy atom. The lowest BCUT2D eigenvalue weighted by Crippen LogP contribution is -2.25. The minimum atomic E-state index is 0.0302. The minimum Gasteiger partial charge on any atom is -0.378 e. The molecule has 0 unspecified atom stereocenters. The number of hydrogen-bond acceptors (Lipinski definition) is 3. The molecule has 1 aromatic rings. The third-order valence-corrected chi connectivity index (χ3v) is 4.13. The van der Waals surface area contributed by atoms with Gasteiger partial charge in [0.05, 0.1) is 11.0 Å². The van der Waals surface area contributed by atoms with Crippen molar-refractivity contribution in [3.05, 3.63) is 22.4 Å². The first-order valence-electron chi connectivity index (χ1n) is 6.79. The van der Waals surface area contributed by atoms with Crippen LogP contribution >= 0.6 is 11.3 Å². The molecule has 0 saturated heterocycles. The van der Waals surface area contributed by atoms with E-state index in [4.69, 9.17) is 4.74 Å². The minimum absolute atomic E-state index is 0.0302. The number of hydrogen-bond donors (Lipinski definition) is 1. The fourth-order valence-electron chi connectivity index (χ4n) is 2.25. The second-order valence-corrected chi connectivity index (χ2v) is 5.67. The van der Waals surface area contributed by atoms with Crippen molar-refractivity contribution in [1.29, 1.82) is 0 Å². The van der Waals surface area contributed by atoms with E-state index in [9.17, 15) is 4.79 Å². The summed E-state index contributed by atoms with van der Waals surface area (Å²) in [6.07, 6.45) is 7.75. The fraction of sp³-hybridized carbons (Fsp3) is 0.643. The van der Waals surface area contributed by atoms with Gasteiger partial charge in [-0.1, -0.05) is 25.3 Å². The zero-order chi connectivity index (χ0) is 12.6. The summed E-state index contributed by atoms with van der Waals surface area (Å²) >= 11 is 1.47. The summed E-state index contributed by atoms with van der Waals surface area (Å²) in [6, 6.07) is 3.74. The van der Waals surface area contributed by atoms with Crippen LogP contribution in [0.2, 0.25) is 0 Å². The van der Waals surface area contributed by atoms with E-state index < -0.39 is 0 Å². The largest absolute Gasteiger partial charge is 0.378 e. The van der Waals surface area contributed by atoms with Crippen molar-refractivity contribution in [1.82, 2.24) is 5.32 Å². The van der Waals surface area contributed by atoms with Gasteiger partial charge in [0.1, 0.15) is 0 Å². The van der Waals surface area contributed by atoms with Crippen LogP contribution in [0.4, 0.5) is 0 Å². The number of rotatable bonds is 6. The maximum Gasteiger partial charge on any atom is 0.261 e. The predicted octanol–water partition coefficient (Wildman–Crippen LogP) is 3.22. The Kier molecular flexibility index (Phi) is 5.68. The average molecular weight is 267 g/mol. The van der Waals surface area contributed by atoms with E-state index in [0.717, 1.165) is 17.9 Å². The van der Waals surface area contributed by atoms with E-state index in [2.05, 4.69) is 5.32 Å². The van der Waals surface area contributed by atoms with Crippen LogP contribution in [0.5, 0.6) is 0 Å². The molecule has 0 spiro atoms. The molecule has 0 atom stereocenters. The van der Waals surface area contributed by atoms with E-state index in [-0.39, 0.29) is 5.91 Å². The zero-order valence-corrected chi connectivity index (χ0v) is 11.5. The van der Waals surface area contributed by atoms with Crippen molar-refractivity contribution in [3.63, 3.8) is 0 Å². The molecule has 1 aromatic heterocycles. The van der Waals surface area contributed by atoms with Crippen LogP contribution in [0.15, 0.2) is 17.5 Å². The van der Waals surface area contributed by atoms with E-state index in [1.54, 1.807) is 0 Å². The van der Waals surface area contributed by atoms with Crippen molar-refractivity contribution in [2.24, 2.45) is 0 Å². The molecule has 4 heteroatoms. The van der Waals surface area contributed by atoms with Crippen molar-refractivity contribution < 1.29 is 9.53 Å². The summed E-state index contributed by atoms with van der Waals surface area (Å²) in [5.41, 5.74) is 0. The Hall–Kier alpha value is -0.870. The van der Waals surface area contributed by atoms with Crippen LogP contribution in [0.1, 0.15) is 48.2 Å². The van der Waals surface area contributed by atoms with Gasteiger partial charge in [-0.15, -0.1) is 11.3 Å². The van der Waals surface area contributed by atoms with Crippen molar-refractivity contribution in [2.45, 2.75) is 44.6 Å². The van der Waals surface area contributed by atoms with Crippen LogP contribution in [0.3, 0.4) is 0 Å². The highest BCUT2D eigenvalue weighted by Gasteiger charge is 2.13. The molecule has 0 bridgehead atoms. The smallest absolute Gasteiger partial charge is 0.261 e. The van der Waals surface area contributed by atoms with Crippen molar-refractivity contribution in [2.75, 3.05) is 13.2 Å². The molecule has 1 aliphatic rings. The van der Waals surface area contributed by atoms with Crippen LogP contribution in [0.25, 0.3) is 0 Å². The number of nitrogens with one attached hydrogen (secondary N) is 1. The quantitative estimate of drug-likeness (QED) is 0.804. The number of carbonyl (C=O) groups is 1. The molecular formula is C14H21NO2S. The van der Waals surface area contributed by atoms with E-state index in [1.165, 1.54) is 43.4 Å². The highest BCUT2D eigenvalue weighted by Crippen LogP contribution is 2.20. The summed E-state index contributed by atoms with van der Waals surface area (Å²) in [6.45, 7) is 1.46. The summed E-state index contributed by atoms with van der Waals surface area (Å²) in [5.74, 6) is 0.0302. The second kappa shape index (κ2) is 7.54. The number of ether oxygens (including phenoxy) is 1. The molecule has 0 aromatic carbocycles. The maximum absolute atomic E-state index is 11.6. The molecule has 3 nitrogen and oxygen atoms in total. The molecule has 1 saturated carbocycles. The summed E-state index contributed by atoms with van der Waals surface area (Å²) in [4.78, 5) is 12.4. The molecule has 0 aliphatic heterocycles. The van der Waals surface area contributed by atoms with Gasteiger partial charge in [-0.25, -0.2) is 0 Å². The Bertz CT molecular complexity index is 345. The van der Waals surface area contributed by atoms with Crippen molar-refractivity contribution in [3.8, 4) is 0 Å². The van der Waals surface area contributed by atoms with Gasteiger partial charge >= 0.3 is 0 Å². The van der Waals surface area contributed by atoms with Gasteiger partial charge in [0.2, 0.25) is 0 Å². The van der Waals surface area contributed by atoms with Crippen molar-refractivity contribution >= 4 is 17.2 Å². The number of thiophene rings is 1. The third kappa shape index (κ3) is 4.42. The molecule has 1 fully saturated rings. The van der Waals surface area contributed by atoms with Gasteiger partial charge in [0.25, 0.3) is 5.91 Å². The van der Waals surface area contributed by atoms with E-state index in [1.807, 2.05) is 17.5 Å². The Balaban J connectivity index is 1.52. The molecule has 1 aliphatic carbocycles. The van der Waals surface area contributed by atoms with Gasteiger partial charge in [0.15, 0.2) is 0 Å². The lowest BCUT2D eigenvalue weighted by atomic mass is 9.98. The Labute approximate surface area is 113 Å². The summed E-state index contributed by atoms with van der Waals surface area (Å²) in [7, 11) is 0. The summed E-state index contributed by atoms with van der Waals surface area (Å²) in [5, 5.41) is 4.83. The molecule has 100 valence electrons. The first-order chi connectivity index (χ1) is 8.86. The fourth-order valence-corrected chi connectivity index (χ4v) is 2.89. The van der Waals surface area contributed by atoms with E-state index >= 15 is 0 Å².